The number of benzene rings is 2. The number of likely N-dealkylation sites (tertiary alicyclic amines) is 3. The molecule has 2 aromatic rings. The van der Waals surface area contributed by atoms with Crippen molar-refractivity contribution in [2.45, 2.75) is 33.1 Å². The third kappa shape index (κ3) is 6.60. The largest absolute Gasteiger partial charge is 0.377 e. The van der Waals surface area contributed by atoms with Crippen molar-refractivity contribution in [2.24, 2.45) is 17.8 Å². The van der Waals surface area contributed by atoms with Gasteiger partial charge in [-0.3, -0.25) is 14.4 Å². The average molecular weight is 594 g/mol. The second-order valence-corrected chi connectivity index (χ2v) is 12.9. The molecule has 2 unspecified atom stereocenters. The summed E-state index contributed by atoms with van der Waals surface area (Å²) in [5.41, 5.74) is 3.56. The van der Waals surface area contributed by atoms with Crippen LogP contribution in [0, 0.1) is 24.7 Å². The lowest BCUT2D eigenvalue weighted by molar-refractivity contribution is -0.133. The first kappa shape index (κ1) is 30.4. The highest BCUT2D eigenvalue weighted by Gasteiger charge is 2.42. The van der Waals surface area contributed by atoms with E-state index in [2.05, 4.69) is 4.90 Å². The molecular weight excluding hydrogens is 550 g/mol. The standard InChI is InChI=1S/C33H44ClN5O3/c1-23-10-11-28(18-30(23)34)39(32(41)25-12-16-37(17-13-25)24(2)40)15-7-14-36-19-26-21-38(22-27(26)20-36)33(42)29-8-5-6-9-31(29)35(3)4/h5-6,8-11,18,25-27H,7,12-17,19-22H2,1-4H3. The number of anilines is 2. The Morgan fingerprint density at radius 3 is 2.21 bits per heavy atom. The second kappa shape index (κ2) is 13.0. The van der Waals surface area contributed by atoms with E-state index in [1.54, 1.807) is 6.92 Å². The van der Waals surface area contributed by atoms with Gasteiger partial charge in [-0.05, 0) is 74.4 Å². The van der Waals surface area contributed by atoms with Crippen LogP contribution in [0.15, 0.2) is 42.5 Å². The van der Waals surface area contributed by atoms with E-state index in [-0.39, 0.29) is 23.6 Å². The monoisotopic (exact) mass is 593 g/mol. The molecule has 3 fully saturated rings. The van der Waals surface area contributed by atoms with E-state index in [9.17, 15) is 14.4 Å². The molecule has 0 radical (unpaired) electrons. The molecule has 0 aliphatic carbocycles. The fourth-order valence-electron chi connectivity index (χ4n) is 6.88. The van der Waals surface area contributed by atoms with Gasteiger partial charge in [0.2, 0.25) is 11.8 Å². The van der Waals surface area contributed by atoms with Crippen LogP contribution in [0.25, 0.3) is 0 Å². The maximum absolute atomic E-state index is 13.8. The van der Waals surface area contributed by atoms with Crippen molar-refractivity contribution in [1.82, 2.24) is 14.7 Å². The normalized spacial score (nSPS) is 21.0. The van der Waals surface area contributed by atoms with Gasteiger partial charge in [-0.1, -0.05) is 29.8 Å². The maximum Gasteiger partial charge on any atom is 0.255 e. The van der Waals surface area contributed by atoms with Crippen LogP contribution >= 0.6 is 11.6 Å². The molecule has 42 heavy (non-hydrogen) atoms. The van der Waals surface area contributed by atoms with Crippen LogP contribution in [0.3, 0.4) is 0 Å². The molecule has 0 spiro atoms. The number of hydrogen-bond acceptors (Lipinski definition) is 5. The number of carbonyl (C=O) groups is 3. The number of amides is 3. The molecule has 3 aliphatic heterocycles. The van der Waals surface area contributed by atoms with E-state index in [1.165, 1.54) is 0 Å². The van der Waals surface area contributed by atoms with Gasteiger partial charge in [-0.2, -0.15) is 0 Å². The third-order valence-corrected chi connectivity index (χ3v) is 9.75. The quantitative estimate of drug-likeness (QED) is 0.454. The molecule has 0 bridgehead atoms. The molecular formula is C33H44ClN5O3. The summed E-state index contributed by atoms with van der Waals surface area (Å²) in [5.74, 6) is 1.21. The first-order valence-corrected chi connectivity index (χ1v) is 15.6. The fraction of sp³-hybridized carbons (Fsp3) is 0.545. The summed E-state index contributed by atoms with van der Waals surface area (Å²) in [6.07, 6.45) is 2.25. The van der Waals surface area contributed by atoms with Gasteiger partial charge in [0.25, 0.3) is 5.91 Å². The zero-order chi connectivity index (χ0) is 30.0. The Kier molecular flexibility index (Phi) is 9.43. The number of aryl methyl sites for hydroxylation is 1. The third-order valence-electron chi connectivity index (χ3n) is 9.34. The summed E-state index contributed by atoms with van der Waals surface area (Å²) in [6.45, 7) is 9.93. The SMILES string of the molecule is CC(=O)N1CCC(C(=O)N(CCCN2CC3CN(C(=O)c4ccccc4N(C)C)CC3C2)c2ccc(C)c(Cl)c2)CC1. The Morgan fingerprint density at radius 2 is 1.60 bits per heavy atom. The number of nitrogens with zero attached hydrogens (tertiary/aromatic N) is 5. The Balaban J connectivity index is 1.17. The summed E-state index contributed by atoms with van der Waals surface area (Å²) in [6, 6.07) is 13.7. The molecule has 3 aliphatic rings. The van der Waals surface area contributed by atoms with Crippen LogP contribution in [-0.4, -0.2) is 98.9 Å². The number of fused-ring (bicyclic) bond motifs is 1. The summed E-state index contributed by atoms with van der Waals surface area (Å²) in [7, 11) is 3.95. The van der Waals surface area contributed by atoms with Gasteiger partial charge in [-0.25, -0.2) is 0 Å². The number of carbonyl (C=O) groups excluding carboxylic acids is 3. The Bertz CT molecular complexity index is 1290. The predicted octanol–water partition coefficient (Wildman–Crippen LogP) is 4.40. The van der Waals surface area contributed by atoms with Gasteiger partial charge in [-0.15, -0.1) is 0 Å². The Labute approximate surface area is 255 Å². The van der Waals surface area contributed by atoms with E-state index < -0.39 is 0 Å². The molecule has 9 heteroatoms. The molecule has 2 aromatic carbocycles. The molecule has 8 nitrogen and oxygen atoms in total. The number of rotatable bonds is 8. The smallest absolute Gasteiger partial charge is 0.255 e. The van der Waals surface area contributed by atoms with Crippen molar-refractivity contribution in [3.63, 3.8) is 0 Å². The van der Waals surface area contributed by atoms with E-state index in [0.717, 1.165) is 61.6 Å². The minimum Gasteiger partial charge on any atom is -0.377 e. The topological polar surface area (TPSA) is 67.4 Å². The van der Waals surface area contributed by atoms with Crippen LogP contribution in [0.4, 0.5) is 11.4 Å². The molecule has 3 heterocycles. The van der Waals surface area contributed by atoms with Gasteiger partial charge in [0, 0.05) is 89.1 Å². The fourth-order valence-corrected chi connectivity index (χ4v) is 7.06. The first-order valence-electron chi connectivity index (χ1n) is 15.2. The zero-order valence-corrected chi connectivity index (χ0v) is 26.1. The maximum atomic E-state index is 13.8. The van der Waals surface area contributed by atoms with Crippen molar-refractivity contribution in [3.8, 4) is 0 Å². The van der Waals surface area contributed by atoms with Crippen LogP contribution < -0.4 is 9.80 Å². The first-order chi connectivity index (χ1) is 20.1. The van der Waals surface area contributed by atoms with Crippen molar-refractivity contribution >= 4 is 40.7 Å². The van der Waals surface area contributed by atoms with E-state index >= 15 is 0 Å². The average Bonchev–Trinajstić information content (AvgIpc) is 3.55. The Hall–Kier alpha value is -3.10. The van der Waals surface area contributed by atoms with E-state index in [0.29, 0.717) is 49.3 Å². The summed E-state index contributed by atoms with van der Waals surface area (Å²) in [4.78, 5) is 49.2. The van der Waals surface area contributed by atoms with Gasteiger partial charge in [0.15, 0.2) is 0 Å². The molecule has 226 valence electrons. The number of hydrogen-bond donors (Lipinski definition) is 0. The van der Waals surface area contributed by atoms with Gasteiger partial charge in [0.05, 0.1) is 5.56 Å². The van der Waals surface area contributed by atoms with Gasteiger partial charge in [0.1, 0.15) is 0 Å². The number of para-hydroxylation sites is 1. The predicted molar refractivity (Wildman–Crippen MR) is 168 cm³/mol. The lowest BCUT2D eigenvalue weighted by atomic mass is 9.94. The van der Waals surface area contributed by atoms with E-state index in [1.807, 2.05) is 83.1 Å². The van der Waals surface area contributed by atoms with Gasteiger partial charge >= 0.3 is 0 Å². The summed E-state index contributed by atoms with van der Waals surface area (Å²) < 4.78 is 0. The van der Waals surface area contributed by atoms with Crippen LogP contribution in [0.1, 0.15) is 42.1 Å². The van der Waals surface area contributed by atoms with E-state index in [4.69, 9.17) is 11.6 Å². The highest BCUT2D eigenvalue weighted by atomic mass is 35.5. The van der Waals surface area contributed by atoms with Crippen LogP contribution in [0.2, 0.25) is 5.02 Å². The van der Waals surface area contributed by atoms with Crippen LogP contribution in [-0.2, 0) is 9.59 Å². The molecule has 3 saturated heterocycles. The lowest BCUT2D eigenvalue weighted by Gasteiger charge is -2.34. The molecule has 5 rings (SSSR count). The number of halogens is 1. The van der Waals surface area contributed by atoms with Crippen molar-refractivity contribution in [2.75, 3.05) is 76.3 Å². The molecule has 2 atom stereocenters. The highest BCUT2D eigenvalue weighted by molar-refractivity contribution is 6.31. The lowest BCUT2D eigenvalue weighted by Crippen LogP contribution is -2.44. The second-order valence-electron chi connectivity index (χ2n) is 12.5. The highest BCUT2D eigenvalue weighted by Crippen LogP contribution is 2.33. The van der Waals surface area contributed by atoms with Gasteiger partial charge < -0.3 is 24.5 Å². The Morgan fingerprint density at radius 1 is 0.929 bits per heavy atom. The summed E-state index contributed by atoms with van der Waals surface area (Å²) >= 11 is 6.47. The molecule has 0 saturated carbocycles. The summed E-state index contributed by atoms with van der Waals surface area (Å²) in [5, 5.41) is 0.663. The minimum absolute atomic E-state index is 0.0734. The van der Waals surface area contributed by atoms with Crippen LogP contribution in [0.5, 0.6) is 0 Å². The molecule has 0 aromatic heterocycles. The molecule has 0 N–H and O–H groups in total. The zero-order valence-electron chi connectivity index (χ0n) is 25.4. The van der Waals surface area contributed by atoms with Crippen molar-refractivity contribution in [3.05, 3.63) is 58.6 Å². The molecule has 3 amide bonds. The van der Waals surface area contributed by atoms with Crippen molar-refractivity contribution < 1.29 is 14.4 Å². The number of piperidine rings is 1. The minimum atomic E-state index is -0.0898. The van der Waals surface area contributed by atoms with Crippen molar-refractivity contribution in [1.29, 1.82) is 0 Å².